The van der Waals surface area contributed by atoms with Crippen LogP contribution >= 0.6 is 0 Å². The Morgan fingerprint density at radius 3 is 2.65 bits per heavy atom. The molecule has 5 heteroatoms. The van der Waals surface area contributed by atoms with Gasteiger partial charge in [-0.1, -0.05) is 0 Å². The lowest BCUT2D eigenvalue weighted by molar-refractivity contribution is -0.115. The highest BCUT2D eigenvalue weighted by Gasteiger charge is 2.23. The van der Waals surface area contributed by atoms with E-state index in [9.17, 15) is 9.18 Å². The maximum absolute atomic E-state index is 13.0. The summed E-state index contributed by atoms with van der Waals surface area (Å²) in [5, 5.41) is 11.7. The van der Waals surface area contributed by atoms with E-state index in [1.807, 2.05) is 0 Å². The standard InChI is InChI=1S/C15H10FN3O/c16-11-2-4-12(5-3-11)19-9-15(20)18-13-6-1-10(8-17)7-14(13)19/h1-7H,9H2,(H,18,20). The number of carbonyl (C=O) groups is 1. The SMILES string of the molecule is N#Cc1ccc2c(c1)N(c1ccc(F)cc1)CC(=O)N2. The lowest BCUT2D eigenvalue weighted by Gasteiger charge is -2.31. The zero-order chi connectivity index (χ0) is 14.1. The van der Waals surface area contributed by atoms with Crippen molar-refractivity contribution in [3.05, 3.63) is 53.8 Å². The van der Waals surface area contributed by atoms with E-state index in [1.54, 1.807) is 35.2 Å². The predicted octanol–water partition coefficient (Wildman–Crippen LogP) is 2.79. The number of benzene rings is 2. The Balaban J connectivity index is 2.11. The Labute approximate surface area is 115 Å². The second-order valence-corrected chi connectivity index (χ2v) is 4.45. The van der Waals surface area contributed by atoms with Gasteiger partial charge in [-0.05, 0) is 42.5 Å². The van der Waals surface area contributed by atoms with E-state index >= 15 is 0 Å². The number of amides is 1. The number of nitriles is 1. The number of hydrogen-bond acceptors (Lipinski definition) is 3. The van der Waals surface area contributed by atoms with Crippen LogP contribution in [0.1, 0.15) is 5.56 Å². The minimum atomic E-state index is -0.332. The van der Waals surface area contributed by atoms with Crippen LogP contribution in [0.5, 0.6) is 0 Å². The summed E-state index contributed by atoms with van der Waals surface area (Å²) in [4.78, 5) is 13.5. The summed E-state index contributed by atoms with van der Waals surface area (Å²) in [6, 6.07) is 13.0. The van der Waals surface area contributed by atoms with Crippen LogP contribution in [0.25, 0.3) is 0 Å². The van der Waals surface area contributed by atoms with Gasteiger partial charge in [0.15, 0.2) is 0 Å². The monoisotopic (exact) mass is 267 g/mol. The lowest BCUT2D eigenvalue weighted by Crippen LogP contribution is -2.35. The second-order valence-electron chi connectivity index (χ2n) is 4.45. The van der Waals surface area contributed by atoms with Crippen LogP contribution in [0.4, 0.5) is 21.5 Å². The first-order valence-electron chi connectivity index (χ1n) is 6.04. The zero-order valence-corrected chi connectivity index (χ0v) is 10.4. The highest BCUT2D eigenvalue weighted by molar-refractivity contribution is 6.03. The van der Waals surface area contributed by atoms with Crippen LogP contribution in [-0.4, -0.2) is 12.5 Å². The van der Waals surface area contributed by atoms with Gasteiger partial charge in [-0.3, -0.25) is 4.79 Å². The molecule has 0 bridgehead atoms. The fourth-order valence-corrected chi connectivity index (χ4v) is 2.20. The van der Waals surface area contributed by atoms with Crippen molar-refractivity contribution in [3.8, 4) is 6.07 Å². The summed E-state index contributed by atoms with van der Waals surface area (Å²) in [6.45, 7) is 0.132. The first kappa shape index (κ1) is 12.2. The quantitative estimate of drug-likeness (QED) is 0.864. The van der Waals surface area contributed by atoms with Crippen molar-refractivity contribution < 1.29 is 9.18 Å². The summed E-state index contributed by atoms with van der Waals surface area (Å²) in [5.41, 5.74) is 2.59. The molecule has 0 aliphatic carbocycles. The van der Waals surface area contributed by atoms with Crippen molar-refractivity contribution in [1.29, 1.82) is 5.26 Å². The van der Waals surface area contributed by atoms with Gasteiger partial charge in [0.25, 0.3) is 0 Å². The molecule has 2 aromatic rings. The minimum absolute atomic E-state index is 0.132. The third-order valence-electron chi connectivity index (χ3n) is 3.13. The summed E-state index contributed by atoms with van der Waals surface area (Å²) in [6.07, 6.45) is 0. The van der Waals surface area contributed by atoms with Gasteiger partial charge < -0.3 is 10.2 Å². The van der Waals surface area contributed by atoms with Crippen molar-refractivity contribution in [1.82, 2.24) is 0 Å². The van der Waals surface area contributed by atoms with E-state index in [0.717, 1.165) is 5.69 Å². The third kappa shape index (κ3) is 2.08. The molecule has 1 aliphatic heterocycles. The summed E-state index contributed by atoms with van der Waals surface area (Å²) >= 11 is 0. The molecule has 4 nitrogen and oxygen atoms in total. The maximum Gasteiger partial charge on any atom is 0.244 e. The number of anilines is 3. The van der Waals surface area contributed by atoms with Crippen molar-refractivity contribution in [2.45, 2.75) is 0 Å². The average molecular weight is 267 g/mol. The first-order valence-corrected chi connectivity index (χ1v) is 6.04. The molecular formula is C15H10FN3O. The second kappa shape index (κ2) is 4.67. The molecule has 20 heavy (non-hydrogen) atoms. The van der Waals surface area contributed by atoms with Crippen LogP contribution in [0.3, 0.4) is 0 Å². The average Bonchev–Trinajstić information content (AvgIpc) is 2.47. The normalized spacial score (nSPS) is 13.4. The molecule has 0 fully saturated rings. The van der Waals surface area contributed by atoms with Gasteiger partial charge in [-0.25, -0.2) is 4.39 Å². The van der Waals surface area contributed by atoms with E-state index < -0.39 is 0 Å². The number of nitrogens with one attached hydrogen (secondary N) is 1. The van der Waals surface area contributed by atoms with Gasteiger partial charge >= 0.3 is 0 Å². The van der Waals surface area contributed by atoms with Crippen LogP contribution in [0.15, 0.2) is 42.5 Å². The van der Waals surface area contributed by atoms with E-state index in [4.69, 9.17) is 5.26 Å². The molecular weight excluding hydrogens is 257 g/mol. The van der Waals surface area contributed by atoms with Gasteiger partial charge in [0.2, 0.25) is 5.91 Å². The first-order chi connectivity index (χ1) is 9.67. The maximum atomic E-state index is 13.0. The minimum Gasteiger partial charge on any atom is -0.330 e. The van der Waals surface area contributed by atoms with E-state index in [-0.39, 0.29) is 18.3 Å². The van der Waals surface area contributed by atoms with Gasteiger partial charge in [0.05, 0.1) is 23.0 Å². The number of carbonyl (C=O) groups excluding carboxylic acids is 1. The molecule has 0 radical (unpaired) electrons. The summed E-state index contributed by atoms with van der Waals surface area (Å²) in [7, 11) is 0. The highest BCUT2D eigenvalue weighted by Crippen LogP contribution is 2.35. The topological polar surface area (TPSA) is 56.1 Å². The van der Waals surface area contributed by atoms with Crippen molar-refractivity contribution in [2.24, 2.45) is 0 Å². The van der Waals surface area contributed by atoms with Gasteiger partial charge in [-0.15, -0.1) is 0 Å². The Kier molecular flexibility index (Phi) is 2.84. The zero-order valence-electron chi connectivity index (χ0n) is 10.4. The molecule has 0 saturated heterocycles. The van der Waals surface area contributed by atoms with E-state index in [2.05, 4.69) is 11.4 Å². The van der Waals surface area contributed by atoms with Crippen LogP contribution in [0, 0.1) is 17.1 Å². The summed E-state index contributed by atoms with van der Waals surface area (Å²) < 4.78 is 13.0. The molecule has 0 unspecified atom stereocenters. The molecule has 98 valence electrons. The number of hydrogen-bond donors (Lipinski definition) is 1. The molecule has 0 aromatic heterocycles. The van der Waals surface area contributed by atoms with E-state index in [0.29, 0.717) is 16.9 Å². The number of halogens is 1. The molecule has 1 N–H and O–H groups in total. The van der Waals surface area contributed by atoms with Crippen LogP contribution < -0.4 is 10.2 Å². The molecule has 3 rings (SSSR count). The molecule has 2 aromatic carbocycles. The Morgan fingerprint density at radius 1 is 1.20 bits per heavy atom. The number of fused-ring (bicyclic) bond motifs is 1. The van der Waals surface area contributed by atoms with Crippen LogP contribution in [-0.2, 0) is 4.79 Å². The van der Waals surface area contributed by atoms with Crippen LogP contribution in [0.2, 0.25) is 0 Å². The number of rotatable bonds is 1. The highest BCUT2D eigenvalue weighted by atomic mass is 19.1. The molecule has 0 saturated carbocycles. The smallest absolute Gasteiger partial charge is 0.244 e. The Bertz CT molecular complexity index is 719. The van der Waals surface area contributed by atoms with Gasteiger partial charge in [-0.2, -0.15) is 5.26 Å². The largest absolute Gasteiger partial charge is 0.330 e. The Hall–Kier alpha value is -2.87. The lowest BCUT2D eigenvalue weighted by atomic mass is 10.1. The fraction of sp³-hybridized carbons (Fsp3) is 0.0667. The molecule has 1 aliphatic rings. The molecule has 1 amide bonds. The number of nitrogens with zero attached hydrogens (tertiary/aromatic N) is 2. The van der Waals surface area contributed by atoms with Gasteiger partial charge in [0, 0.05) is 5.69 Å². The summed E-state index contributed by atoms with van der Waals surface area (Å²) in [5.74, 6) is -0.479. The van der Waals surface area contributed by atoms with Crippen molar-refractivity contribution in [3.63, 3.8) is 0 Å². The van der Waals surface area contributed by atoms with Gasteiger partial charge in [0.1, 0.15) is 12.4 Å². The molecule has 0 atom stereocenters. The van der Waals surface area contributed by atoms with Crippen molar-refractivity contribution >= 4 is 23.0 Å². The molecule has 0 spiro atoms. The van der Waals surface area contributed by atoms with Crippen molar-refractivity contribution in [2.75, 3.05) is 16.8 Å². The molecule has 1 heterocycles. The third-order valence-corrected chi connectivity index (χ3v) is 3.13. The fourth-order valence-electron chi connectivity index (χ4n) is 2.20. The Morgan fingerprint density at radius 2 is 1.95 bits per heavy atom. The van der Waals surface area contributed by atoms with E-state index in [1.165, 1.54) is 12.1 Å². The predicted molar refractivity (Wildman–Crippen MR) is 73.2 cm³/mol.